The molecule has 1 heterocycles. The third-order valence-corrected chi connectivity index (χ3v) is 3.05. The van der Waals surface area contributed by atoms with Gasteiger partial charge in [0.15, 0.2) is 0 Å². The molecule has 0 aliphatic carbocycles. The molecule has 0 aromatic carbocycles. The summed E-state index contributed by atoms with van der Waals surface area (Å²) in [5, 5.41) is 16.6. The van der Waals surface area contributed by atoms with Crippen LogP contribution < -0.4 is 5.32 Å². The van der Waals surface area contributed by atoms with Crippen LogP contribution in [0.15, 0.2) is 5.38 Å². The lowest BCUT2D eigenvalue weighted by Crippen LogP contribution is -2.47. The van der Waals surface area contributed by atoms with Crippen molar-refractivity contribution in [1.82, 2.24) is 10.3 Å². The van der Waals surface area contributed by atoms with Gasteiger partial charge in [0.05, 0.1) is 16.3 Å². The summed E-state index contributed by atoms with van der Waals surface area (Å²) in [6.45, 7) is 10.7. The van der Waals surface area contributed by atoms with Gasteiger partial charge in [0.25, 0.3) is 0 Å². The number of aromatic nitrogens is 1. The van der Waals surface area contributed by atoms with Crippen molar-refractivity contribution in [3.05, 3.63) is 16.1 Å². The lowest BCUT2D eigenvalue weighted by Gasteiger charge is -2.29. The molecule has 1 aromatic heterocycles. The highest BCUT2D eigenvalue weighted by Gasteiger charge is 2.24. The molecule has 0 saturated heterocycles. The fraction of sp³-hybridized carbons (Fsp3) is 0.750. The van der Waals surface area contributed by atoms with Gasteiger partial charge in [0.1, 0.15) is 0 Å². The summed E-state index contributed by atoms with van der Waals surface area (Å²) in [5.41, 5.74) is 0.263. The second-order valence-electron chi connectivity index (χ2n) is 5.64. The molecule has 1 atom stereocenters. The number of nitrogens with one attached hydrogen (secondary N) is 1. The molecule has 92 valence electrons. The standard InChI is InChI=1S/C12H22N2OS/c1-9-14-10(7-16-9)6-12(5,15)8-13-11(2,3)4/h7,13,15H,6,8H2,1-5H3. The molecule has 1 unspecified atom stereocenters. The average molecular weight is 242 g/mol. The highest BCUT2D eigenvalue weighted by atomic mass is 32.1. The van der Waals surface area contributed by atoms with Crippen molar-refractivity contribution in [3.8, 4) is 0 Å². The molecule has 0 aliphatic heterocycles. The zero-order valence-corrected chi connectivity index (χ0v) is 11.6. The number of β-amino-alcohol motifs (C(OH)–C–C–N with tert-alkyl or cyclic N) is 1. The van der Waals surface area contributed by atoms with Crippen LogP contribution in [0.4, 0.5) is 0 Å². The maximum Gasteiger partial charge on any atom is 0.0897 e. The van der Waals surface area contributed by atoms with Crippen LogP contribution in [0.3, 0.4) is 0 Å². The van der Waals surface area contributed by atoms with Crippen LogP contribution >= 0.6 is 11.3 Å². The first-order valence-corrected chi connectivity index (χ1v) is 6.44. The van der Waals surface area contributed by atoms with Gasteiger partial charge in [0.2, 0.25) is 0 Å². The van der Waals surface area contributed by atoms with Gasteiger partial charge in [-0.15, -0.1) is 11.3 Å². The molecule has 3 nitrogen and oxygen atoms in total. The van der Waals surface area contributed by atoms with E-state index in [0.717, 1.165) is 10.7 Å². The number of hydrogen-bond donors (Lipinski definition) is 2. The zero-order chi connectivity index (χ0) is 12.4. The summed E-state index contributed by atoms with van der Waals surface area (Å²) in [6.07, 6.45) is 0.598. The van der Waals surface area contributed by atoms with Crippen LogP contribution in [0, 0.1) is 6.92 Å². The highest BCUT2D eigenvalue weighted by molar-refractivity contribution is 7.09. The van der Waals surface area contributed by atoms with Gasteiger partial charge < -0.3 is 10.4 Å². The third kappa shape index (κ3) is 5.05. The summed E-state index contributed by atoms with van der Waals surface area (Å²) < 4.78 is 0. The SMILES string of the molecule is Cc1nc(CC(C)(O)CNC(C)(C)C)cs1. The molecule has 0 spiro atoms. The smallest absolute Gasteiger partial charge is 0.0897 e. The Kier molecular flexibility index (Phi) is 4.10. The molecule has 16 heavy (non-hydrogen) atoms. The average Bonchev–Trinajstić information content (AvgIpc) is 2.46. The summed E-state index contributed by atoms with van der Waals surface area (Å²) in [7, 11) is 0. The Bertz CT molecular complexity index is 339. The minimum atomic E-state index is -0.742. The van der Waals surface area contributed by atoms with E-state index in [1.54, 1.807) is 11.3 Å². The maximum atomic E-state index is 10.2. The fourth-order valence-electron chi connectivity index (χ4n) is 1.40. The van der Waals surface area contributed by atoms with Crippen molar-refractivity contribution in [3.63, 3.8) is 0 Å². The molecular formula is C12H22N2OS. The van der Waals surface area contributed by atoms with Crippen LogP contribution in [-0.4, -0.2) is 27.8 Å². The van der Waals surface area contributed by atoms with Crippen molar-refractivity contribution >= 4 is 11.3 Å². The topological polar surface area (TPSA) is 45.2 Å². The van der Waals surface area contributed by atoms with Crippen LogP contribution in [0.25, 0.3) is 0 Å². The first-order chi connectivity index (χ1) is 7.18. The molecule has 1 rings (SSSR count). The van der Waals surface area contributed by atoms with E-state index in [4.69, 9.17) is 0 Å². The lowest BCUT2D eigenvalue weighted by atomic mass is 9.98. The molecule has 0 aliphatic rings. The molecule has 0 saturated carbocycles. The molecule has 0 fully saturated rings. The van der Waals surface area contributed by atoms with Crippen molar-refractivity contribution in [2.75, 3.05) is 6.54 Å². The number of rotatable bonds is 4. The Morgan fingerprint density at radius 2 is 2.00 bits per heavy atom. The minimum absolute atomic E-state index is 0.0297. The number of aliphatic hydroxyl groups is 1. The molecule has 1 aromatic rings. The van der Waals surface area contributed by atoms with Gasteiger partial charge in [-0.3, -0.25) is 0 Å². The Labute approximate surface area is 102 Å². The van der Waals surface area contributed by atoms with E-state index in [0.29, 0.717) is 13.0 Å². The predicted molar refractivity (Wildman–Crippen MR) is 68.9 cm³/mol. The summed E-state index contributed by atoms with van der Waals surface area (Å²) >= 11 is 1.63. The fourth-order valence-corrected chi connectivity index (χ4v) is 2.01. The molecule has 4 heteroatoms. The van der Waals surface area contributed by atoms with E-state index in [-0.39, 0.29) is 5.54 Å². The van der Waals surface area contributed by atoms with Gasteiger partial charge in [0, 0.05) is 23.9 Å². The summed E-state index contributed by atoms with van der Waals surface area (Å²) in [6, 6.07) is 0. The van der Waals surface area contributed by atoms with Crippen LogP contribution in [0.5, 0.6) is 0 Å². The van der Waals surface area contributed by atoms with Crippen molar-refractivity contribution in [2.45, 2.75) is 52.2 Å². The van der Waals surface area contributed by atoms with Crippen molar-refractivity contribution in [2.24, 2.45) is 0 Å². The van der Waals surface area contributed by atoms with Gasteiger partial charge >= 0.3 is 0 Å². The third-order valence-electron chi connectivity index (χ3n) is 2.23. The molecular weight excluding hydrogens is 220 g/mol. The summed E-state index contributed by atoms with van der Waals surface area (Å²) in [5.74, 6) is 0. The van der Waals surface area contributed by atoms with Gasteiger partial charge in [-0.05, 0) is 34.6 Å². The first kappa shape index (κ1) is 13.6. The molecule has 2 N–H and O–H groups in total. The highest BCUT2D eigenvalue weighted by Crippen LogP contribution is 2.16. The second kappa shape index (κ2) is 4.82. The Morgan fingerprint density at radius 1 is 1.38 bits per heavy atom. The summed E-state index contributed by atoms with van der Waals surface area (Å²) in [4.78, 5) is 4.37. The lowest BCUT2D eigenvalue weighted by molar-refractivity contribution is 0.0527. The maximum absolute atomic E-state index is 10.2. The van der Waals surface area contributed by atoms with E-state index in [1.807, 2.05) is 19.2 Å². The number of hydrogen-bond acceptors (Lipinski definition) is 4. The van der Waals surface area contributed by atoms with E-state index >= 15 is 0 Å². The number of thiazole rings is 1. The van der Waals surface area contributed by atoms with Crippen LogP contribution in [0.1, 0.15) is 38.4 Å². The van der Waals surface area contributed by atoms with E-state index in [9.17, 15) is 5.11 Å². The zero-order valence-electron chi connectivity index (χ0n) is 10.8. The van der Waals surface area contributed by atoms with Crippen LogP contribution in [0.2, 0.25) is 0 Å². The second-order valence-corrected chi connectivity index (χ2v) is 6.70. The Morgan fingerprint density at radius 3 is 2.44 bits per heavy atom. The monoisotopic (exact) mass is 242 g/mol. The van der Waals surface area contributed by atoms with E-state index < -0.39 is 5.60 Å². The van der Waals surface area contributed by atoms with Crippen LogP contribution in [-0.2, 0) is 6.42 Å². The largest absolute Gasteiger partial charge is 0.388 e. The Balaban J connectivity index is 2.51. The molecule has 0 amide bonds. The van der Waals surface area contributed by atoms with E-state index in [1.165, 1.54) is 0 Å². The van der Waals surface area contributed by atoms with E-state index in [2.05, 4.69) is 31.1 Å². The van der Waals surface area contributed by atoms with Gasteiger partial charge in [-0.1, -0.05) is 0 Å². The number of aryl methyl sites for hydroxylation is 1. The minimum Gasteiger partial charge on any atom is -0.388 e. The van der Waals surface area contributed by atoms with Crippen molar-refractivity contribution < 1.29 is 5.11 Å². The van der Waals surface area contributed by atoms with Gasteiger partial charge in [-0.2, -0.15) is 0 Å². The number of nitrogens with zero attached hydrogens (tertiary/aromatic N) is 1. The quantitative estimate of drug-likeness (QED) is 0.850. The Hall–Kier alpha value is -0.450. The molecule has 0 radical (unpaired) electrons. The van der Waals surface area contributed by atoms with Gasteiger partial charge in [-0.25, -0.2) is 4.98 Å². The first-order valence-electron chi connectivity index (χ1n) is 5.56. The normalized spacial score (nSPS) is 16.1. The predicted octanol–water partition coefficient (Wildman–Crippen LogP) is 2.13. The van der Waals surface area contributed by atoms with Crippen molar-refractivity contribution in [1.29, 1.82) is 0 Å². The molecule has 0 bridgehead atoms.